The predicted octanol–water partition coefficient (Wildman–Crippen LogP) is 3.60. The van der Waals surface area contributed by atoms with E-state index in [9.17, 15) is 4.39 Å². The molecule has 1 aromatic heterocycles. The van der Waals surface area contributed by atoms with Gasteiger partial charge >= 0.3 is 0 Å². The molecule has 0 spiro atoms. The zero-order valence-corrected chi connectivity index (χ0v) is 12.2. The lowest BCUT2D eigenvalue weighted by Gasteiger charge is -2.17. The lowest BCUT2D eigenvalue weighted by atomic mass is 10.2. The molecular formula is C13H10BrFN2OS. The second-order valence-electron chi connectivity index (χ2n) is 3.73. The van der Waals surface area contributed by atoms with E-state index in [1.807, 2.05) is 11.4 Å². The minimum Gasteiger partial charge on any atom is -0.482 e. The fraction of sp³-hybridized carbons (Fsp3) is 0.154. The Morgan fingerprint density at radius 2 is 2.32 bits per heavy atom. The SMILES string of the molecule is N#Cc1c(F)cccc1OC(CN)c1cc(Br)cs1. The number of nitrogens with two attached hydrogens (primary N) is 1. The normalized spacial score (nSPS) is 11.9. The molecule has 0 saturated carbocycles. The van der Waals surface area contributed by atoms with Crippen LogP contribution in [0.15, 0.2) is 34.1 Å². The highest BCUT2D eigenvalue weighted by molar-refractivity contribution is 9.10. The summed E-state index contributed by atoms with van der Waals surface area (Å²) in [7, 11) is 0. The third-order valence-corrected chi connectivity index (χ3v) is 4.26. The molecule has 19 heavy (non-hydrogen) atoms. The first kappa shape index (κ1) is 14.0. The maximum absolute atomic E-state index is 13.5. The molecule has 1 aromatic carbocycles. The molecule has 2 rings (SSSR count). The zero-order valence-electron chi connectivity index (χ0n) is 9.77. The molecule has 3 nitrogen and oxygen atoms in total. The molecule has 0 radical (unpaired) electrons. The van der Waals surface area contributed by atoms with E-state index in [0.717, 1.165) is 9.35 Å². The number of rotatable bonds is 4. The zero-order chi connectivity index (χ0) is 13.8. The number of nitrogens with zero attached hydrogens (tertiary/aromatic N) is 1. The first-order valence-electron chi connectivity index (χ1n) is 5.45. The van der Waals surface area contributed by atoms with Crippen molar-refractivity contribution < 1.29 is 9.13 Å². The second-order valence-corrected chi connectivity index (χ2v) is 5.59. The van der Waals surface area contributed by atoms with Crippen molar-refractivity contribution in [1.29, 1.82) is 5.26 Å². The molecule has 0 aliphatic heterocycles. The Labute approximate surface area is 122 Å². The van der Waals surface area contributed by atoms with Gasteiger partial charge in [-0.05, 0) is 34.1 Å². The van der Waals surface area contributed by atoms with Crippen LogP contribution in [0.2, 0.25) is 0 Å². The van der Waals surface area contributed by atoms with E-state index in [0.29, 0.717) is 0 Å². The van der Waals surface area contributed by atoms with Gasteiger partial charge in [-0.25, -0.2) is 4.39 Å². The highest BCUT2D eigenvalue weighted by Gasteiger charge is 2.17. The third kappa shape index (κ3) is 3.13. The van der Waals surface area contributed by atoms with Gasteiger partial charge in [0.1, 0.15) is 29.3 Å². The van der Waals surface area contributed by atoms with E-state index in [2.05, 4.69) is 15.9 Å². The lowest BCUT2D eigenvalue weighted by Crippen LogP contribution is -2.18. The number of hydrogen-bond acceptors (Lipinski definition) is 4. The number of nitriles is 1. The average molecular weight is 341 g/mol. The number of benzene rings is 1. The monoisotopic (exact) mass is 340 g/mol. The summed E-state index contributed by atoms with van der Waals surface area (Å²) in [6.45, 7) is 0.244. The van der Waals surface area contributed by atoms with Gasteiger partial charge in [0, 0.05) is 21.3 Å². The fourth-order valence-electron chi connectivity index (χ4n) is 1.58. The molecule has 1 heterocycles. The van der Waals surface area contributed by atoms with Gasteiger partial charge in [0.15, 0.2) is 0 Å². The van der Waals surface area contributed by atoms with Crippen LogP contribution in [0.4, 0.5) is 4.39 Å². The van der Waals surface area contributed by atoms with Crippen molar-refractivity contribution in [3.8, 4) is 11.8 Å². The molecule has 98 valence electrons. The number of halogens is 2. The summed E-state index contributed by atoms with van der Waals surface area (Å²) < 4.78 is 20.1. The van der Waals surface area contributed by atoms with Crippen molar-refractivity contribution in [2.75, 3.05) is 6.54 Å². The van der Waals surface area contributed by atoms with Crippen molar-refractivity contribution >= 4 is 27.3 Å². The van der Waals surface area contributed by atoms with Gasteiger partial charge in [-0.3, -0.25) is 0 Å². The molecule has 2 N–H and O–H groups in total. The fourth-order valence-corrected chi connectivity index (χ4v) is 3.07. The summed E-state index contributed by atoms with van der Waals surface area (Å²) in [6.07, 6.45) is -0.398. The van der Waals surface area contributed by atoms with E-state index in [1.54, 1.807) is 12.1 Å². The summed E-state index contributed by atoms with van der Waals surface area (Å²) in [6, 6.07) is 7.99. The highest BCUT2D eigenvalue weighted by atomic mass is 79.9. The molecule has 0 saturated heterocycles. The summed E-state index contributed by atoms with van der Waals surface area (Å²) in [5.74, 6) is -0.384. The van der Waals surface area contributed by atoms with Crippen LogP contribution in [-0.4, -0.2) is 6.54 Å². The van der Waals surface area contributed by atoms with Crippen LogP contribution in [0.3, 0.4) is 0 Å². The van der Waals surface area contributed by atoms with Gasteiger partial charge in [-0.2, -0.15) is 5.26 Å². The van der Waals surface area contributed by atoms with Crippen molar-refractivity contribution in [1.82, 2.24) is 0 Å². The molecule has 1 atom stereocenters. The Kier molecular flexibility index (Phi) is 4.53. The van der Waals surface area contributed by atoms with E-state index in [4.69, 9.17) is 15.7 Å². The highest BCUT2D eigenvalue weighted by Crippen LogP contribution is 2.30. The van der Waals surface area contributed by atoms with Gasteiger partial charge in [-0.15, -0.1) is 11.3 Å². The largest absolute Gasteiger partial charge is 0.482 e. The second kappa shape index (κ2) is 6.15. The van der Waals surface area contributed by atoms with E-state index in [1.165, 1.54) is 23.5 Å². The van der Waals surface area contributed by atoms with Gasteiger partial charge < -0.3 is 10.5 Å². The summed E-state index contributed by atoms with van der Waals surface area (Å²) in [5.41, 5.74) is 5.58. The van der Waals surface area contributed by atoms with Crippen molar-refractivity contribution in [2.45, 2.75) is 6.10 Å². The van der Waals surface area contributed by atoms with Crippen molar-refractivity contribution in [3.05, 3.63) is 50.4 Å². The number of hydrogen-bond donors (Lipinski definition) is 1. The number of thiophene rings is 1. The summed E-state index contributed by atoms with van der Waals surface area (Å²) in [5, 5.41) is 10.9. The Balaban J connectivity index is 2.29. The smallest absolute Gasteiger partial charge is 0.145 e. The van der Waals surface area contributed by atoms with Crippen molar-refractivity contribution in [2.24, 2.45) is 5.73 Å². The van der Waals surface area contributed by atoms with Crippen molar-refractivity contribution in [3.63, 3.8) is 0 Å². The van der Waals surface area contributed by atoms with Crippen LogP contribution >= 0.6 is 27.3 Å². The minimum absolute atomic E-state index is 0.100. The van der Waals surface area contributed by atoms with Crippen LogP contribution in [0.25, 0.3) is 0 Å². The lowest BCUT2D eigenvalue weighted by molar-refractivity contribution is 0.216. The molecule has 0 fully saturated rings. The first-order chi connectivity index (χ1) is 9.15. The van der Waals surface area contributed by atoms with Crippen LogP contribution < -0.4 is 10.5 Å². The molecule has 0 amide bonds. The van der Waals surface area contributed by atoms with Crippen LogP contribution in [0.5, 0.6) is 5.75 Å². The quantitative estimate of drug-likeness (QED) is 0.924. The molecular weight excluding hydrogens is 331 g/mol. The van der Waals surface area contributed by atoms with Crippen LogP contribution in [0.1, 0.15) is 16.5 Å². The van der Waals surface area contributed by atoms with E-state index >= 15 is 0 Å². The predicted molar refractivity (Wildman–Crippen MR) is 75.6 cm³/mol. The molecule has 2 aromatic rings. The Morgan fingerprint density at radius 1 is 1.53 bits per heavy atom. The van der Waals surface area contributed by atoms with E-state index in [-0.39, 0.29) is 17.9 Å². The van der Waals surface area contributed by atoms with Crippen LogP contribution in [0, 0.1) is 17.1 Å². The molecule has 0 aliphatic carbocycles. The summed E-state index contributed by atoms with van der Waals surface area (Å²) in [4.78, 5) is 0.919. The maximum atomic E-state index is 13.5. The number of ether oxygens (including phenoxy) is 1. The molecule has 0 bridgehead atoms. The standard InChI is InChI=1S/C13H10BrFN2OS/c14-8-4-13(19-7-8)12(6-17)18-11-3-1-2-10(15)9(11)5-16/h1-4,7,12H,6,17H2. The van der Waals surface area contributed by atoms with Crippen LogP contribution in [-0.2, 0) is 0 Å². The molecule has 6 heteroatoms. The third-order valence-electron chi connectivity index (χ3n) is 2.48. The Bertz CT molecular complexity index is 623. The van der Waals surface area contributed by atoms with Gasteiger partial charge in [0.25, 0.3) is 0 Å². The Hall–Kier alpha value is -1.42. The van der Waals surface area contributed by atoms with E-state index < -0.39 is 11.9 Å². The van der Waals surface area contributed by atoms with Gasteiger partial charge in [-0.1, -0.05) is 6.07 Å². The van der Waals surface area contributed by atoms with Gasteiger partial charge in [0.2, 0.25) is 0 Å². The molecule has 0 aliphatic rings. The Morgan fingerprint density at radius 3 is 2.89 bits per heavy atom. The average Bonchev–Trinajstić information content (AvgIpc) is 2.82. The minimum atomic E-state index is -0.594. The maximum Gasteiger partial charge on any atom is 0.145 e. The van der Waals surface area contributed by atoms with Gasteiger partial charge in [0.05, 0.1) is 0 Å². The first-order valence-corrected chi connectivity index (χ1v) is 7.12. The summed E-state index contributed by atoms with van der Waals surface area (Å²) >= 11 is 4.85. The molecule has 1 unspecified atom stereocenters. The topological polar surface area (TPSA) is 59.0 Å².